The standard InChI is InChI=1S/C16H27N3O2/c1-3-17-11-13-4-9-19(15(10-13)16(17)21)14-5-7-18(8-6-14)12(2)20/h13-15H,3-11H2,1-2H3/t13-,15+/m0/s1. The van der Waals surface area contributed by atoms with Gasteiger partial charge >= 0.3 is 0 Å². The first-order valence-corrected chi connectivity index (χ1v) is 8.40. The zero-order valence-electron chi connectivity index (χ0n) is 13.3. The van der Waals surface area contributed by atoms with Crippen molar-refractivity contribution in [3.63, 3.8) is 0 Å². The van der Waals surface area contributed by atoms with Gasteiger partial charge in [0.1, 0.15) is 0 Å². The average molecular weight is 293 g/mol. The summed E-state index contributed by atoms with van der Waals surface area (Å²) in [6.45, 7) is 8.27. The first-order chi connectivity index (χ1) is 10.1. The van der Waals surface area contributed by atoms with Crippen molar-refractivity contribution in [2.45, 2.75) is 51.6 Å². The van der Waals surface area contributed by atoms with Crippen molar-refractivity contribution in [3.05, 3.63) is 0 Å². The fraction of sp³-hybridized carbons (Fsp3) is 0.875. The summed E-state index contributed by atoms with van der Waals surface area (Å²) in [4.78, 5) is 30.5. The van der Waals surface area contributed by atoms with Crippen LogP contribution >= 0.6 is 0 Å². The summed E-state index contributed by atoms with van der Waals surface area (Å²) in [5, 5.41) is 0. The summed E-state index contributed by atoms with van der Waals surface area (Å²) in [6.07, 6.45) is 4.29. The number of carbonyl (C=O) groups excluding carboxylic acids is 2. The molecule has 0 aromatic carbocycles. The minimum absolute atomic E-state index is 0.103. The van der Waals surface area contributed by atoms with Gasteiger partial charge in [0.15, 0.2) is 0 Å². The molecule has 0 aliphatic carbocycles. The van der Waals surface area contributed by atoms with E-state index in [0.717, 1.165) is 52.0 Å². The first-order valence-electron chi connectivity index (χ1n) is 8.40. The maximum atomic E-state index is 12.6. The van der Waals surface area contributed by atoms with E-state index in [4.69, 9.17) is 0 Å². The number of piperidine rings is 3. The second-order valence-electron chi connectivity index (χ2n) is 6.76. The van der Waals surface area contributed by atoms with E-state index in [9.17, 15) is 9.59 Å². The van der Waals surface area contributed by atoms with Gasteiger partial charge in [-0.05, 0) is 45.1 Å². The van der Waals surface area contributed by atoms with Gasteiger partial charge in [0.25, 0.3) is 0 Å². The van der Waals surface area contributed by atoms with E-state index in [1.54, 1.807) is 6.92 Å². The van der Waals surface area contributed by atoms with Crippen LogP contribution in [0.1, 0.15) is 39.5 Å². The van der Waals surface area contributed by atoms with Crippen LogP contribution in [0.2, 0.25) is 0 Å². The summed E-state index contributed by atoms with van der Waals surface area (Å²) in [7, 11) is 0. The van der Waals surface area contributed by atoms with Crippen LogP contribution in [0, 0.1) is 5.92 Å². The monoisotopic (exact) mass is 293 g/mol. The van der Waals surface area contributed by atoms with Crippen molar-refractivity contribution in [1.29, 1.82) is 0 Å². The Morgan fingerprint density at radius 2 is 1.90 bits per heavy atom. The van der Waals surface area contributed by atoms with Gasteiger partial charge in [-0.2, -0.15) is 0 Å². The largest absolute Gasteiger partial charge is 0.343 e. The predicted octanol–water partition coefficient (Wildman–Crippen LogP) is 0.940. The second kappa shape index (κ2) is 5.95. The maximum absolute atomic E-state index is 12.6. The van der Waals surface area contributed by atoms with E-state index in [1.165, 1.54) is 6.42 Å². The number of rotatable bonds is 2. The van der Waals surface area contributed by atoms with Crippen LogP contribution in [-0.2, 0) is 9.59 Å². The third-order valence-corrected chi connectivity index (χ3v) is 5.59. The Morgan fingerprint density at radius 3 is 2.52 bits per heavy atom. The lowest BCUT2D eigenvalue weighted by Crippen LogP contribution is -2.62. The Bertz CT molecular complexity index is 418. The molecule has 2 amide bonds. The third kappa shape index (κ3) is 2.80. The van der Waals surface area contributed by atoms with E-state index in [-0.39, 0.29) is 11.9 Å². The van der Waals surface area contributed by atoms with Crippen LogP contribution in [0.3, 0.4) is 0 Å². The molecule has 2 atom stereocenters. The Balaban J connectivity index is 1.66. The molecule has 3 heterocycles. The highest BCUT2D eigenvalue weighted by atomic mass is 16.2. The number of likely N-dealkylation sites (tertiary alicyclic amines) is 3. The molecule has 0 saturated carbocycles. The molecule has 0 radical (unpaired) electrons. The number of likely N-dealkylation sites (N-methyl/N-ethyl adjacent to an activating group) is 1. The molecule has 5 heteroatoms. The fourth-order valence-electron chi connectivity index (χ4n) is 4.31. The highest BCUT2D eigenvalue weighted by molar-refractivity contribution is 5.83. The van der Waals surface area contributed by atoms with Crippen LogP contribution in [0.4, 0.5) is 0 Å². The van der Waals surface area contributed by atoms with Crippen LogP contribution < -0.4 is 0 Å². The Hall–Kier alpha value is -1.10. The predicted molar refractivity (Wildman–Crippen MR) is 80.7 cm³/mol. The molecule has 3 saturated heterocycles. The summed E-state index contributed by atoms with van der Waals surface area (Å²) >= 11 is 0. The molecule has 0 spiro atoms. The number of fused-ring (bicyclic) bond motifs is 2. The first kappa shape index (κ1) is 14.8. The molecule has 0 N–H and O–H groups in total. The van der Waals surface area contributed by atoms with Crippen molar-refractivity contribution < 1.29 is 9.59 Å². The van der Waals surface area contributed by atoms with Crippen molar-refractivity contribution in [3.8, 4) is 0 Å². The molecule has 0 aromatic rings. The Labute approximate surface area is 127 Å². The second-order valence-corrected chi connectivity index (χ2v) is 6.76. The zero-order chi connectivity index (χ0) is 15.0. The summed E-state index contributed by atoms with van der Waals surface area (Å²) < 4.78 is 0. The molecule has 0 aromatic heterocycles. The van der Waals surface area contributed by atoms with Crippen LogP contribution in [0.25, 0.3) is 0 Å². The van der Waals surface area contributed by atoms with Gasteiger partial charge in [-0.25, -0.2) is 0 Å². The molecule has 3 rings (SSSR count). The Kier molecular flexibility index (Phi) is 4.20. The molecular formula is C16H27N3O2. The van der Waals surface area contributed by atoms with Crippen molar-refractivity contribution in [1.82, 2.24) is 14.7 Å². The lowest BCUT2D eigenvalue weighted by molar-refractivity contribution is -0.148. The highest BCUT2D eigenvalue weighted by Crippen LogP contribution is 2.33. The average Bonchev–Trinajstić information content (AvgIpc) is 2.51. The lowest BCUT2D eigenvalue weighted by Gasteiger charge is -2.50. The third-order valence-electron chi connectivity index (χ3n) is 5.59. The normalized spacial score (nSPS) is 31.6. The lowest BCUT2D eigenvalue weighted by atomic mass is 9.84. The molecule has 118 valence electrons. The highest BCUT2D eigenvalue weighted by Gasteiger charge is 2.43. The SMILES string of the molecule is CCN1C[C@H]2CCN(C3CCN(C(C)=O)CC3)[C@H](C2)C1=O. The van der Waals surface area contributed by atoms with E-state index < -0.39 is 0 Å². The van der Waals surface area contributed by atoms with Crippen LogP contribution in [-0.4, -0.2) is 71.3 Å². The number of amides is 2. The Morgan fingerprint density at radius 1 is 1.19 bits per heavy atom. The van der Waals surface area contributed by atoms with E-state index in [1.807, 2.05) is 9.80 Å². The molecule has 3 aliphatic rings. The van der Waals surface area contributed by atoms with Gasteiger partial charge in [-0.15, -0.1) is 0 Å². The summed E-state index contributed by atoms with van der Waals surface area (Å²) in [6, 6.07) is 0.582. The summed E-state index contributed by atoms with van der Waals surface area (Å²) in [5.41, 5.74) is 0. The quantitative estimate of drug-likeness (QED) is 0.761. The molecule has 21 heavy (non-hydrogen) atoms. The van der Waals surface area contributed by atoms with Gasteiger partial charge in [0, 0.05) is 39.1 Å². The number of hydrogen-bond acceptors (Lipinski definition) is 3. The van der Waals surface area contributed by atoms with Crippen LogP contribution in [0.15, 0.2) is 0 Å². The topological polar surface area (TPSA) is 43.9 Å². The van der Waals surface area contributed by atoms with Crippen molar-refractivity contribution in [2.75, 3.05) is 32.7 Å². The van der Waals surface area contributed by atoms with Crippen LogP contribution in [0.5, 0.6) is 0 Å². The minimum atomic E-state index is 0.103. The molecule has 3 fully saturated rings. The van der Waals surface area contributed by atoms with Gasteiger partial charge < -0.3 is 9.80 Å². The smallest absolute Gasteiger partial charge is 0.239 e. The summed E-state index contributed by atoms with van der Waals surface area (Å²) in [5.74, 6) is 1.21. The fourth-order valence-corrected chi connectivity index (χ4v) is 4.31. The maximum Gasteiger partial charge on any atom is 0.239 e. The number of carbonyl (C=O) groups is 2. The molecule has 0 unspecified atom stereocenters. The molecule has 3 aliphatic heterocycles. The van der Waals surface area contributed by atoms with Gasteiger partial charge in [-0.1, -0.05) is 0 Å². The van der Waals surface area contributed by atoms with Gasteiger partial charge in [-0.3, -0.25) is 14.5 Å². The molecule has 2 bridgehead atoms. The van der Waals surface area contributed by atoms with E-state index in [2.05, 4.69) is 11.8 Å². The van der Waals surface area contributed by atoms with E-state index >= 15 is 0 Å². The molecular weight excluding hydrogens is 266 g/mol. The van der Waals surface area contributed by atoms with E-state index in [0.29, 0.717) is 17.9 Å². The van der Waals surface area contributed by atoms with Crippen molar-refractivity contribution >= 4 is 11.8 Å². The molecule has 5 nitrogen and oxygen atoms in total. The van der Waals surface area contributed by atoms with Gasteiger partial charge in [0.2, 0.25) is 11.8 Å². The van der Waals surface area contributed by atoms with Crippen molar-refractivity contribution in [2.24, 2.45) is 5.92 Å². The zero-order valence-corrected chi connectivity index (χ0v) is 13.3. The minimum Gasteiger partial charge on any atom is -0.343 e. The number of nitrogens with zero attached hydrogens (tertiary/aromatic N) is 3. The number of hydrogen-bond donors (Lipinski definition) is 0. The van der Waals surface area contributed by atoms with Gasteiger partial charge in [0.05, 0.1) is 6.04 Å².